The van der Waals surface area contributed by atoms with Crippen LogP contribution in [0.25, 0.3) is 0 Å². The molecule has 0 saturated carbocycles. The lowest BCUT2D eigenvalue weighted by molar-refractivity contribution is -0.137. The minimum atomic E-state index is -3.61. The number of sulfonamides is 1. The van der Waals surface area contributed by atoms with E-state index >= 15 is 0 Å². The summed E-state index contributed by atoms with van der Waals surface area (Å²) in [6.45, 7) is 5.08. The summed E-state index contributed by atoms with van der Waals surface area (Å²) in [4.78, 5) is 15.0. The van der Waals surface area contributed by atoms with Gasteiger partial charge in [0.2, 0.25) is 15.9 Å². The molecule has 1 amide bonds. The van der Waals surface area contributed by atoms with Gasteiger partial charge < -0.3 is 4.90 Å². The summed E-state index contributed by atoms with van der Waals surface area (Å²) in [6, 6.07) is 15.9. The average Bonchev–Trinajstić information content (AvgIpc) is 2.68. The molecule has 2 aromatic rings. The topological polar surface area (TPSA) is 57.7 Å². The van der Waals surface area contributed by atoms with E-state index in [4.69, 9.17) is 11.6 Å². The number of amides is 1. The van der Waals surface area contributed by atoms with Crippen molar-refractivity contribution in [3.8, 4) is 0 Å². The van der Waals surface area contributed by atoms with Gasteiger partial charge >= 0.3 is 0 Å². The van der Waals surface area contributed by atoms with Crippen molar-refractivity contribution in [1.29, 1.82) is 0 Å². The van der Waals surface area contributed by atoms with Gasteiger partial charge in [0, 0.05) is 31.2 Å². The van der Waals surface area contributed by atoms with Crippen molar-refractivity contribution in [1.82, 2.24) is 9.21 Å². The molecule has 0 atom stereocenters. The fraction of sp³-hybridized carbons (Fsp3) is 0.350. The van der Waals surface area contributed by atoms with Crippen LogP contribution in [-0.4, -0.2) is 49.7 Å². The van der Waals surface area contributed by atoms with Crippen molar-refractivity contribution in [2.24, 2.45) is 0 Å². The number of benzene rings is 2. The molecule has 27 heavy (non-hydrogen) atoms. The summed E-state index contributed by atoms with van der Waals surface area (Å²) >= 11 is 5.93. The van der Waals surface area contributed by atoms with Crippen molar-refractivity contribution in [3.63, 3.8) is 0 Å². The molecule has 5 nitrogen and oxygen atoms in total. The Hall–Kier alpha value is -1.89. The van der Waals surface area contributed by atoms with Crippen LogP contribution in [0.15, 0.2) is 59.5 Å². The molecular weight excluding hydrogens is 384 g/mol. The molecule has 0 bridgehead atoms. The third-order valence-corrected chi connectivity index (χ3v) is 7.12. The van der Waals surface area contributed by atoms with Gasteiger partial charge in [-0.3, -0.25) is 4.79 Å². The highest BCUT2D eigenvalue weighted by Gasteiger charge is 2.37. The predicted octanol–water partition coefficient (Wildman–Crippen LogP) is 3.15. The number of rotatable bonds is 4. The van der Waals surface area contributed by atoms with E-state index in [2.05, 4.69) is 0 Å². The fourth-order valence-electron chi connectivity index (χ4n) is 3.28. The number of piperazine rings is 1. The molecule has 1 saturated heterocycles. The minimum absolute atomic E-state index is 0.00787. The zero-order valence-corrected chi connectivity index (χ0v) is 17.0. The number of hydrogen-bond acceptors (Lipinski definition) is 3. The second kappa shape index (κ2) is 7.62. The Kier molecular flexibility index (Phi) is 5.60. The summed E-state index contributed by atoms with van der Waals surface area (Å²) in [7, 11) is -3.61. The van der Waals surface area contributed by atoms with Crippen LogP contribution >= 0.6 is 11.6 Å². The van der Waals surface area contributed by atoms with Gasteiger partial charge in [0.15, 0.2) is 0 Å². The van der Waals surface area contributed by atoms with Gasteiger partial charge in [-0.25, -0.2) is 8.42 Å². The largest absolute Gasteiger partial charge is 0.339 e. The van der Waals surface area contributed by atoms with Crippen LogP contribution in [0, 0.1) is 0 Å². The van der Waals surface area contributed by atoms with E-state index in [1.165, 1.54) is 16.4 Å². The first-order chi connectivity index (χ1) is 12.7. The van der Waals surface area contributed by atoms with E-state index in [0.717, 1.165) is 5.56 Å². The summed E-state index contributed by atoms with van der Waals surface area (Å²) in [5.74, 6) is 0.00787. The highest BCUT2D eigenvalue weighted by atomic mass is 35.5. The third-order valence-electron chi connectivity index (χ3n) is 4.99. The maximum atomic E-state index is 13.0. The molecule has 7 heteroatoms. The van der Waals surface area contributed by atoms with Crippen LogP contribution in [-0.2, 0) is 20.2 Å². The second-order valence-electron chi connectivity index (χ2n) is 7.14. The molecule has 2 aromatic carbocycles. The molecule has 3 rings (SSSR count). The Bertz CT molecular complexity index is 921. The molecular formula is C20H23ClN2O3S. The summed E-state index contributed by atoms with van der Waals surface area (Å²) in [5.41, 5.74) is 0.291. The minimum Gasteiger partial charge on any atom is -0.339 e. The van der Waals surface area contributed by atoms with Crippen molar-refractivity contribution in [3.05, 3.63) is 65.2 Å². The normalized spacial score (nSPS) is 16.3. The van der Waals surface area contributed by atoms with Crippen LogP contribution < -0.4 is 0 Å². The molecule has 0 radical (unpaired) electrons. The van der Waals surface area contributed by atoms with Gasteiger partial charge in [-0.15, -0.1) is 0 Å². The molecule has 0 spiro atoms. The van der Waals surface area contributed by atoms with E-state index in [1.807, 2.05) is 44.2 Å². The summed E-state index contributed by atoms with van der Waals surface area (Å²) in [6.07, 6.45) is 0. The molecule has 0 aliphatic carbocycles. The number of halogens is 1. The lowest BCUT2D eigenvalue weighted by Gasteiger charge is -2.38. The Morgan fingerprint density at radius 1 is 0.963 bits per heavy atom. The van der Waals surface area contributed by atoms with E-state index in [1.54, 1.807) is 17.0 Å². The molecule has 0 unspecified atom stereocenters. The fourth-order valence-corrected chi connectivity index (χ4v) is 5.01. The predicted molar refractivity (Wildman–Crippen MR) is 106 cm³/mol. The van der Waals surface area contributed by atoms with Crippen molar-refractivity contribution >= 4 is 27.5 Å². The standard InChI is InChI=1S/C20H23ClN2O3S/c1-20(2,16-7-4-3-5-8-16)19(24)22-11-13-23(14-12-22)27(25,26)18-10-6-9-17(21)15-18/h3-10,15H,11-14H2,1-2H3. The highest BCUT2D eigenvalue weighted by molar-refractivity contribution is 7.89. The van der Waals surface area contributed by atoms with Crippen molar-refractivity contribution in [2.75, 3.05) is 26.2 Å². The zero-order chi connectivity index (χ0) is 19.7. The maximum absolute atomic E-state index is 13.0. The van der Waals surface area contributed by atoms with Gasteiger partial charge in [0.05, 0.1) is 10.3 Å². The van der Waals surface area contributed by atoms with Gasteiger partial charge in [-0.1, -0.05) is 48.0 Å². The van der Waals surface area contributed by atoms with Crippen molar-refractivity contribution < 1.29 is 13.2 Å². The first kappa shape index (κ1) is 19.9. The summed E-state index contributed by atoms with van der Waals surface area (Å²) < 4.78 is 27.0. The van der Waals surface area contributed by atoms with Crippen LogP contribution in [0.4, 0.5) is 0 Å². The Labute approximate surface area is 165 Å². The zero-order valence-electron chi connectivity index (χ0n) is 15.4. The Morgan fingerprint density at radius 2 is 1.59 bits per heavy atom. The monoisotopic (exact) mass is 406 g/mol. The number of hydrogen-bond donors (Lipinski definition) is 0. The number of carbonyl (C=O) groups excluding carboxylic acids is 1. The van der Waals surface area contributed by atoms with E-state index in [9.17, 15) is 13.2 Å². The summed E-state index contributed by atoms with van der Waals surface area (Å²) in [5, 5.41) is 0.384. The SMILES string of the molecule is CC(C)(C(=O)N1CCN(S(=O)(=O)c2cccc(Cl)c2)CC1)c1ccccc1. The quantitative estimate of drug-likeness (QED) is 0.783. The van der Waals surface area contributed by atoms with Gasteiger partial charge in [-0.2, -0.15) is 4.31 Å². The smallest absolute Gasteiger partial charge is 0.243 e. The first-order valence-corrected chi connectivity index (χ1v) is 10.7. The van der Waals surface area contributed by atoms with Crippen LogP contribution in [0.3, 0.4) is 0 Å². The second-order valence-corrected chi connectivity index (χ2v) is 9.52. The molecule has 0 aromatic heterocycles. The molecule has 1 aliphatic heterocycles. The van der Waals surface area contributed by atoms with Gasteiger partial charge in [-0.05, 0) is 37.6 Å². The Balaban J connectivity index is 1.71. The molecule has 1 aliphatic rings. The third kappa shape index (κ3) is 4.03. The number of carbonyl (C=O) groups is 1. The van der Waals surface area contributed by atoms with E-state index in [-0.39, 0.29) is 23.9 Å². The lowest BCUT2D eigenvalue weighted by atomic mass is 9.83. The van der Waals surface area contributed by atoms with E-state index < -0.39 is 15.4 Å². The molecule has 0 N–H and O–H groups in total. The van der Waals surface area contributed by atoms with E-state index in [0.29, 0.717) is 18.1 Å². The maximum Gasteiger partial charge on any atom is 0.243 e. The highest BCUT2D eigenvalue weighted by Crippen LogP contribution is 2.27. The first-order valence-electron chi connectivity index (χ1n) is 8.83. The average molecular weight is 407 g/mol. The molecule has 1 heterocycles. The van der Waals surface area contributed by atoms with Gasteiger partial charge in [0.1, 0.15) is 0 Å². The molecule has 144 valence electrons. The van der Waals surface area contributed by atoms with Crippen LogP contribution in [0.2, 0.25) is 5.02 Å². The Morgan fingerprint density at radius 3 is 2.19 bits per heavy atom. The lowest BCUT2D eigenvalue weighted by Crippen LogP contribution is -2.54. The van der Waals surface area contributed by atoms with Gasteiger partial charge in [0.25, 0.3) is 0 Å². The molecule has 1 fully saturated rings. The number of nitrogens with zero attached hydrogens (tertiary/aromatic N) is 2. The van der Waals surface area contributed by atoms with Crippen LogP contribution in [0.5, 0.6) is 0 Å². The van der Waals surface area contributed by atoms with Crippen LogP contribution in [0.1, 0.15) is 19.4 Å². The van der Waals surface area contributed by atoms with Crippen molar-refractivity contribution in [2.45, 2.75) is 24.2 Å².